The van der Waals surface area contributed by atoms with Crippen LogP contribution in [0, 0.1) is 25.7 Å². The van der Waals surface area contributed by atoms with Crippen LogP contribution in [0.4, 0.5) is 0 Å². The van der Waals surface area contributed by atoms with Gasteiger partial charge in [-0.25, -0.2) is 28.8 Å². The Morgan fingerprint density at radius 3 is 0.846 bits per heavy atom. The second-order valence-electron chi connectivity index (χ2n) is 30.4. The molecule has 136 heavy (non-hydrogen) atoms. The second kappa shape index (κ2) is 90.3. The molecule has 0 saturated carbocycles. The predicted molar refractivity (Wildman–Crippen MR) is 484 cm³/mol. The quantitative estimate of drug-likeness (QED) is 0.0184. The van der Waals surface area contributed by atoms with E-state index in [0.717, 1.165) is 147 Å². The number of carbonyl (C=O) groups is 23. The average Bonchev–Trinajstić information content (AvgIpc) is 0.855. The molecule has 0 heterocycles. The lowest BCUT2D eigenvalue weighted by molar-refractivity contribution is -0.192. The minimum atomic E-state index is -2.49. The number of benzene rings is 3. The van der Waals surface area contributed by atoms with Crippen LogP contribution in [0.15, 0.2) is 90.5 Å². The number of hydrogen-bond acceptors (Lipinski definition) is 27. The summed E-state index contributed by atoms with van der Waals surface area (Å²) in [4.78, 5) is 254. The smallest absolute Gasteiger partial charge is 0.373 e. The molecule has 0 bridgehead atoms. The molecule has 3 aromatic rings. The van der Waals surface area contributed by atoms with Gasteiger partial charge in [-0.1, -0.05) is 143 Å². The number of aliphatic carboxylic acids is 12. The third-order valence-corrected chi connectivity index (χ3v) is 17.0. The first kappa shape index (κ1) is 140. The first-order chi connectivity index (χ1) is 63.1. The summed E-state index contributed by atoms with van der Waals surface area (Å²) in [6, 6.07) is 21.9. The van der Waals surface area contributed by atoms with Crippen LogP contribution in [0.1, 0.15) is 329 Å². The molecule has 4 unspecified atom stereocenters. The number of aliphatic hydroxyl groups excluding tert-OH is 1. The van der Waals surface area contributed by atoms with Crippen molar-refractivity contribution in [3.05, 3.63) is 118 Å². The highest BCUT2D eigenvalue weighted by Crippen LogP contribution is 2.18. The molecule has 17 N–H and O–H groups in total. The number of Topliss-reactive ketones (excluding diaryl/α,β-unsaturated/α-hetero) is 8. The summed E-state index contributed by atoms with van der Waals surface area (Å²) in [6.45, 7) is 14.7. The molecule has 0 fully saturated rings. The minimum Gasteiger partial charge on any atom is -0.481 e. The summed E-state index contributed by atoms with van der Waals surface area (Å²) in [6.07, 6.45) is 21.1. The number of ketones is 8. The van der Waals surface area contributed by atoms with Gasteiger partial charge in [-0.2, -0.15) is 9.59 Å². The van der Waals surface area contributed by atoms with E-state index >= 15 is 0 Å². The Balaban J connectivity index is -0.000000186. The number of aliphatic hydroxyl groups is 2. The number of carbonyl (C=O) groups excluding carboxylic acids is 10. The number of aromatic carboxylic acids is 3. The Labute approximate surface area is 787 Å². The van der Waals surface area contributed by atoms with Crippen molar-refractivity contribution in [3.63, 3.8) is 0 Å². The van der Waals surface area contributed by atoms with E-state index in [9.17, 15) is 115 Å². The van der Waals surface area contributed by atoms with E-state index in [4.69, 9.17) is 91.3 Å². The van der Waals surface area contributed by atoms with Crippen LogP contribution in [-0.4, -0.2) is 240 Å². The maximum atomic E-state index is 10.7. The van der Waals surface area contributed by atoms with Crippen LogP contribution >= 0.6 is 0 Å². The summed E-state index contributed by atoms with van der Waals surface area (Å²) in [5.41, 5.74) is 0.167. The number of carboxylic acids is 15. The van der Waals surface area contributed by atoms with E-state index in [2.05, 4.69) is 0 Å². The Morgan fingerprint density at radius 2 is 0.625 bits per heavy atom. The molecular weight excluding hydrogens is 1800 g/mol. The molecule has 3 rings (SSSR count). The summed E-state index contributed by atoms with van der Waals surface area (Å²) in [5.74, 6) is -20.5. The van der Waals surface area contributed by atoms with Crippen LogP contribution in [0.2, 0.25) is 0 Å². The second-order valence-corrected chi connectivity index (χ2v) is 30.4. The van der Waals surface area contributed by atoms with Crippen molar-refractivity contribution in [3.8, 4) is 0 Å². The molecule has 42 heteroatoms. The fraction of sp³-hybridized carbons (Fsp3) is 0.532. The fourth-order valence-corrected chi connectivity index (χ4v) is 10.2. The van der Waals surface area contributed by atoms with Gasteiger partial charge >= 0.3 is 95.7 Å². The monoisotopic (exact) mass is 1940 g/mol. The van der Waals surface area contributed by atoms with Gasteiger partial charge in [0.15, 0.2) is 11.4 Å². The fourth-order valence-electron chi connectivity index (χ4n) is 10.2. The van der Waals surface area contributed by atoms with E-state index in [0.29, 0.717) is 54.9 Å². The van der Waals surface area contributed by atoms with Gasteiger partial charge in [-0.15, -0.1) is 0 Å². The van der Waals surface area contributed by atoms with E-state index < -0.39 is 156 Å². The van der Waals surface area contributed by atoms with Gasteiger partial charge in [0.25, 0.3) is 0 Å². The van der Waals surface area contributed by atoms with E-state index in [1.807, 2.05) is 19.9 Å². The van der Waals surface area contributed by atoms with Gasteiger partial charge in [0.05, 0.1) is 47.4 Å². The Morgan fingerprint density at radius 1 is 0.316 bits per heavy atom. The zero-order valence-electron chi connectivity index (χ0n) is 78.6. The summed E-state index contributed by atoms with van der Waals surface area (Å²) in [5, 5.41) is 144. The zero-order valence-corrected chi connectivity index (χ0v) is 78.6. The summed E-state index contributed by atoms with van der Waals surface area (Å²) < 4.78 is 0. The number of hydrogen-bond donors (Lipinski definition) is 17. The Hall–Kier alpha value is -13.9. The van der Waals surface area contributed by atoms with Crippen LogP contribution in [0.3, 0.4) is 0 Å². The third kappa shape index (κ3) is 111. The van der Waals surface area contributed by atoms with Crippen molar-refractivity contribution >= 4 is 142 Å². The molecule has 764 valence electrons. The highest BCUT2D eigenvalue weighted by atomic mass is 16.4. The minimum absolute atomic E-state index is 0.181. The topological polar surface area (TPSA) is 771 Å². The number of unbranched alkanes of at least 4 members (excludes halogenated alkanes) is 18. The Kier molecular flexibility index (Phi) is 92.9. The first-order valence-electron chi connectivity index (χ1n) is 42.8. The molecule has 0 aliphatic rings. The summed E-state index contributed by atoms with van der Waals surface area (Å²) >= 11 is 0. The van der Waals surface area contributed by atoms with Gasteiger partial charge in [0.2, 0.25) is 0 Å². The van der Waals surface area contributed by atoms with Crippen molar-refractivity contribution < 1.29 is 207 Å². The van der Waals surface area contributed by atoms with Crippen molar-refractivity contribution in [1.82, 2.24) is 0 Å². The van der Waals surface area contributed by atoms with Crippen molar-refractivity contribution in [1.29, 1.82) is 0 Å². The first-order valence-corrected chi connectivity index (χ1v) is 42.8. The van der Waals surface area contributed by atoms with E-state index in [1.54, 1.807) is 100 Å². The molecule has 0 aliphatic heterocycles. The maximum Gasteiger partial charge on any atom is 0.373 e. The number of aryl methyl sites for hydroxylation is 2. The van der Waals surface area contributed by atoms with Crippen molar-refractivity contribution in [2.45, 2.75) is 312 Å². The van der Waals surface area contributed by atoms with E-state index in [1.165, 1.54) is 33.1 Å². The lowest BCUT2D eigenvalue weighted by Gasteiger charge is -2.19. The molecule has 0 amide bonds. The largest absolute Gasteiger partial charge is 0.481 e. The molecule has 42 nitrogen and oxygen atoms in total. The molecule has 0 aliphatic carbocycles. The standard InChI is InChI=1S/C13H24O3.C11H20O3.C10H18O3.C8H14O3.2C8H8O2.2C7H10O6.C7H10O5.C7H8O5.C7H6O2.CO2/c1-12(14)10-8-6-4-2-3-5-7-9-11-13(15)16;1-10(12)8-6-4-2-3-5-7-9-11(13)14;1-9(11)7-5-3-2-4-6-8-10(12)13;1-7(9)5-3-2-4-6-8(10)11;1-6-2-4-7(5-3-6)8(9)10;1-6-3-2-4-7(5-6)8(9)10;1-4(8)2-7(13,6(11)12)3-5(9)10;1-3(8)6(11)4(7(12)13)2-5(9)10;2*1-4(8)2-5(7(11)12)3-6(9)10;8-7(9)6-4-2-1-3-5-6;2-1-3/h2-11H2,1H3,(H,15,16);2-9H2,1H3,(H,13,14);2-8H2,1H3,(H,12,13);2-6H2,1H3,(H,10,11);2*2-5H,1H3,(H,9,10);13H,2-3H2,1H3,(H,9,10)(H,11,12);4,6,11H,2H2,1H3,(H,9,10)(H,12,13);5H,2-3H2,1H3,(H,9,10)(H,11,12);3H,2H2,1H3,(H,9,10)(H,11,12);1-5H,(H,8,9);/b;;;;;;;;;5-3-;;. The van der Waals surface area contributed by atoms with Gasteiger partial charge < -0.3 is 111 Å². The molecule has 3 aromatic carbocycles. The lowest BCUT2D eigenvalue weighted by atomic mass is 9.94. The van der Waals surface area contributed by atoms with Crippen molar-refractivity contribution in [2.75, 3.05) is 0 Å². The van der Waals surface area contributed by atoms with Crippen LogP contribution in [0.5, 0.6) is 0 Å². The van der Waals surface area contributed by atoms with Crippen molar-refractivity contribution in [2.24, 2.45) is 11.8 Å². The van der Waals surface area contributed by atoms with Gasteiger partial charge in [0.1, 0.15) is 52.5 Å². The summed E-state index contributed by atoms with van der Waals surface area (Å²) in [7, 11) is 0. The molecule has 0 saturated heterocycles. The predicted octanol–water partition coefficient (Wildman–Crippen LogP) is 13.1. The highest BCUT2D eigenvalue weighted by molar-refractivity contribution is 5.99. The van der Waals surface area contributed by atoms with Gasteiger partial charge in [-0.05, 0) is 157 Å². The van der Waals surface area contributed by atoms with Crippen LogP contribution < -0.4 is 0 Å². The average molecular weight is 1940 g/mol. The zero-order chi connectivity index (χ0) is 107. The Bertz CT molecular complexity index is 4100. The van der Waals surface area contributed by atoms with Crippen LogP contribution in [0.25, 0.3) is 0 Å². The molecule has 0 spiro atoms. The maximum absolute atomic E-state index is 10.7. The SMILES string of the molecule is CC(=O)C(O)C(CC(=O)O)C(=O)O.CC(=O)C/C(=C/C(=O)O)C(=O)O.CC(=O)CC(CC(=O)O)C(=O)O.CC(=O)CC(O)(CC(=O)O)C(=O)O.CC(=O)CCCCCC(=O)O.CC(=O)CCCCCCCC(=O)O.CC(=O)CCCCCCCCC(=O)O.CC(=O)CCCCCCCCCCC(=O)O.Cc1ccc(C(=O)O)cc1.Cc1cccc(C(=O)O)c1.O=C(O)c1ccccc1.O=C=O. The van der Waals surface area contributed by atoms with Gasteiger partial charge in [0, 0.05) is 76.7 Å². The third-order valence-electron chi connectivity index (χ3n) is 17.0. The number of rotatable bonds is 56. The number of carboxylic acid groups (broad SMARTS) is 15. The van der Waals surface area contributed by atoms with Crippen LogP contribution in [-0.2, 0) is 105 Å². The molecule has 0 aromatic heterocycles. The normalized spacial score (nSPS) is 10.8. The highest BCUT2D eigenvalue weighted by Gasteiger charge is 2.40. The van der Waals surface area contributed by atoms with E-state index in [-0.39, 0.29) is 73.0 Å². The molecule has 4 atom stereocenters. The van der Waals surface area contributed by atoms with Gasteiger partial charge in [-0.3, -0.25) is 57.5 Å². The molecular formula is C94H136O42. The molecule has 0 radical (unpaired) electrons. The lowest BCUT2D eigenvalue weighted by Crippen LogP contribution is -2.42.